The number of carbonyl (C=O) groups excluding carboxylic acids is 7. The van der Waals surface area contributed by atoms with Gasteiger partial charge < -0.3 is 174 Å². The molecule has 0 saturated heterocycles. The van der Waals surface area contributed by atoms with E-state index in [9.17, 15) is 114 Å². The number of carboxylic acid groups (broad SMARTS) is 4. The summed E-state index contributed by atoms with van der Waals surface area (Å²) in [5.41, 5.74) is 5.55. The highest BCUT2D eigenvalue weighted by Crippen LogP contribution is 2.15. The van der Waals surface area contributed by atoms with Crippen molar-refractivity contribution in [2.75, 3.05) is 184 Å². The number of rotatable bonds is 73. The van der Waals surface area contributed by atoms with E-state index in [2.05, 4.69) is 10.6 Å². The lowest BCUT2D eigenvalue weighted by atomic mass is 10.1. The molecule has 0 spiro atoms. The minimum Gasteiger partial charge on any atom is -0.481 e. The molecule has 1 aliphatic rings. The standard InChI is InChI=1S/C37H61N3O22.C29H55N3O19/c41-16-26(17-42)60-35(20-45)58-23-28(24-59-37(55)38-11-9-33(53)54)62-36(21-46)57-22-27(18-43)61-34(19-44)56-15-14-39(29(48)5-3-6-32(51)52)12-2-1-4-25(47)10-13-40-30(49)7-8-31(40)50;30-6-2-8-32(23(39)3-1-4-24(40)41)9-10-45-26(14-36)50-21(13-35)17-46-28(16-38)51-22(19-48-29(44)31-7-5-25(42)43)18-47-27(15-37)49-20(11-33)12-34/h7-8,26-28,34-36,41-46H,1-6,9-24H2,(H,38,55)(H,51,52)(H,53,54);20-22,26-28,33-38H,1-19,30H2,(H,31,44)(H,40,41)(H,42,43). The van der Waals surface area contributed by atoms with Crippen LogP contribution in [0.5, 0.6) is 0 Å². The van der Waals surface area contributed by atoms with Gasteiger partial charge >= 0.3 is 36.1 Å². The Labute approximate surface area is 650 Å². The Kier molecular flexibility index (Phi) is 62.9. The molecular weight excluding hydrogens is 1530 g/mol. The van der Waals surface area contributed by atoms with Crippen molar-refractivity contribution >= 4 is 65.5 Å². The number of alkyl carbamates (subject to hydrolysis) is 2. The highest BCUT2D eigenvalue weighted by molar-refractivity contribution is 6.13. The SMILES string of the molecule is NCCCN(CCOC(CO)OC(CO)COC(CO)OC(COC(=O)NCCC(=O)O)COC(CO)OC(CO)CO)C(=O)CCCC(=O)O.O=C(O)CCCC(=O)N(CCCCC(=O)CCN1C(=O)C=CC1=O)CCOC(CO)OC(CO)COC(CO)OC(COC(=O)NCCC(=O)O)COC(CO)OC(CO)CO. The molecule has 10 unspecified atom stereocenters. The molecule has 47 nitrogen and oxygen atoms in total. The molecule has 0 saturated carbocycles. The monoisotopic (exact) mass is 1650 g/mol. The molecule has 6 amide bonds. The number of carbonyl (C=O) groups is 11. The normalized spacial score (nSPS) is 14.8. The fourth-order valence-corrected chi connectivity index (χ4v) is 9.08. The number of hydrogen-bond donors (Lipinski definition) is 19. The summed E-state index contributed by atoms with van der Waals surface area (Å²) in [5.74, 6) is -6.27. The smallest absolute Gasteiger partial charge is 0.407 e. The summed E-state index contributed by atoms with van der Waals surface area (Å²) in [4.78, 5) is 132. The number of hydrogen-bond acceptors (Lipinski definition) is 38. The van der Waals surface area contributed by atoms with E-state index < -0.39 is 248 Å². The van der Waals surface area contributed by atoms with E-state index in [0.717, 1.165) is 17.1 Å². The number of aliphatic hydroxyl groups excluding tert-OH is 12. The molecule has 10 atom stereocenters. The number of Topliss-reactive ketones (excluding diaryl/α,β-unsaturated/α-hetero) is 1. The number of amides is 6. The zero-order valence-electron chi connectivity index (χ0n) is 62.9. The lowest BCUT2D eigenvalue weighted by molar-refractivity contribution is -0.254. The van der Waals surface area contributed by atoms with Crippen LogP contribution in [-0.4, -0.2) is 421 Å². The van der Waals surface area contributed by atoms with E-state index in [1.54, 1.807) is 0 Å². The number of nitrogens with zero attached hydrogens (tertiary/aromatic N) is 3. The zero-order chi connectivity index (χ0) is 84.7. The van der Waals surface area contributed by atoms with Gasteiger partial charge in [0.2, 0.25) is 11.8 Å². The van der Waals surface area contributed by atoms with Crippen LogP contribution in [0.1, 0.15) is 83.5 Å². The molecule has 113 heavy (non-hydrogen) atoms. The van der Waals surface area contributed by atoms with E-state index in [4.69, 9.17) is 92.5 Å². The van der Waals surface area contributed by atoms with Gasteiger partial charge in [0.15, 0.2) is 37.7 Å². The summed E-state index contributed by atoms with van der Waals surface area (Å²) >= 11 is 0. The first-order chi connectivity index (χ1) is 54.1. The summed E-state index contributed by atoms with van der Waals surface area (Å²) in [6.07, 6.45) is -14.7. The van der Waals surface area contributed by atoms with Crippen molar-refractivity contribution in [2.45, 2.75) is 158 Å². The molecule has 47 heteroatoms. The number of carboxylic acids is 4. The number of aliphatic hydroxyl groups is 12. The van der Waals surface area contributed by atoms with Crippen LogP contribution >= 0.6 is 0 Å². The maximum absolute atomic E-state index is 13.0. The first-order valence-corrected chi connectivity index (χ1v) is 36.1. The number of ketones is 1. The Morgan fingerprint density at radius 3 is 1.00 bits per heavy atom. The maximum Gasteiger partial charge on any atom is 0.407 e. The molecule has 1 aliphatic heterocycles. The number of ether oxygens (including phenoxy) is 14. The first kappa shape index (κ1) is 106. The van der Waals surface area contributed by atoms with Crippen molar-refractivity contribution in [1.82, 2.24) is 25.3 Å². The van der Waals surface area contributed by atoms with Crippen molar-refractivity contribution in [2.24, 2.45) is 5.73 Å². The van der Waals surface area contributed by atoms with Gasteiger partial charge in [-0.3, -0.25) is 48.1 Å². The van der Waals surface area contributed by atoms with Crippen LogP contribution in [0.3, 0.4) is 0 Å². The molecular formula is C66H116N6O41. The number of nitrogens with one attached hydrogen (secondary N) is 2. The fraction of sp³-hybridized carbons (Fsp3) is 0.803. The molecule has 1 rings (SSSR count). The Bertz CT molecular complexity index is 2630. The molecule has 0 aromatic heterocycles. The van der Waals surface area contributed by atoms with Gasteiger partial charge in [-0.05, 0) is 38.6 Å². The Morgan fingerprint density at radius 1 is 0.354 bits per heavy atom. The van der Waals surface area contributed by atoms with Crippen molar-refractivity contribution in [1.29, 1.82) is 0 Å². The van der Waals surface area contributed by atoms with Gasteiger partial charge in [-0.2, -0.15) is 0 Å². The summed E-state index contributed by atoms with van der Waals surface area (Å²) in [5, 5.41) is 155. The van der Waals surface area contributed by atoms with Crippen molar-refractivity contribution < 1.29 is 201 Å². The van der Waals surface area contributed by atoms with Crippen molar-refractivity contribution in [3.63, 3.8) is 0 Å². The molecule has 20 N–H and O–H groups in total. The molecule has 0 aliphatic carbocycles. The van der Waals surface area contributed by atoms with E-state index in [1.165, 1.54) is 9.80 Å². The Hall–Kier alpha value is -7.09. The molecule has 0 fully saturated rings. The molecule has 0 aromatic rings. The summed E-state index contributed by atoms with van der Waals surface area (Å²) in [7, 11) is 0. The second kappa shape index (κ2) is 67.1. The Balaban J connectivity index is 0.00000226. The lowest BCUT2D eigenvalue weighted by Gasteiger charge is -2.28. The fourth-order valence-electron chi connectivity index (χ4n) is 9.08. The van der Waals surface area contributed by atoms with Crippen LogP contribution in [0.25, 0.3) is 0 Å². The zero-order valence-corrected chi connectivity index (χ0v) is 62.9. The summed E-state index contributed by atoms with van der Waals surface area (Å²) in [6, 6.07) is 0. The van der Waals surface area contributed by atoms with E-state index in [1.807, 2.05) is 0 Å². The summed E-state index contributed by atoms with van der Waals surface area (Å²) < 4.78 is 75.9. The van der Waals surface area contributed by atoms with Crippen LogP contribution < -0.4 is 16.4 Å². The molecule has 1 heterocycles. The third-order valence-corrected chi connectivity index (χ3v) is 14.9. The first-order valence-electron chi connectivity index (χ1n) is 36.1. The van der Waals surface area contributed by atoms with E-state index in [0.29, 0.717) is 32.4 Å². The van der Waals surface area contributed by atoms with Gasteiger partial charge in [0.1, 0.15) is 55.6 Å². The van der Waals surface area contributed by atoms with Crippen molar-refractivity contribution in [3.8, 4) is 0 Å². The minimum atomic E-state index is -1.49. The maximum atomic E-state index is 13.0. The van der Waals surface area contributed by atoms with Crippen molar-refractivity contribution in [3.05, 3.63) is 12.2 Å². The third kappa shape index (κ3) is 53.6. The van der Waals surface area contributed by atoms with Crippen LogP contribution in [0, 0.1) is 0 Å². The van der Waals surface area contributed by atoms with Crippen LogP contribution in [0.15, 0.2) is 12.2 Å². The second-order valence-corrected chi connectivity index (χ2v) is 24.0. The average molecular weight is 1650 g/mol. The molecule has 656 valence electrons. The number of unbranched alkanes of at least 4 members (excludes halogenated alkanes) is 1. The van der Waals surface area contributed by atoms with Crippen LogP contribution in [-0.2, 0) is 109 Å². The van der Waals surface area contributed by atoms with Gasteiger partial charge in [0, 0.05) is 96.5 Å². The summed E-state index contributed by atoms with van der Waals surface area (Å²) in [6.45, 7) is -11.0. The number of aliphatic carboxylic acids is 4. The predicted octanol–water partition coefficient (Wildman–Crippen LogP) is -7.78. The van der Waals surface area contributed by atoms with Gasteiger partial charge in [-0.15, -0.1) is 0 Å². The second-order valence-electron chi connectivity index (χ2n) is 24.0. The number of nitrogens with two attached hydrogens (primary N) is 1. The van der Waals surface area contributed by atoms with Gasteiger partial charge in [-0.1, -0.05) is 0 Å². The average Bonchev–Trinajstić information content (AvgIpc) is 1.74. The third-order valence-electron chi connectivity index (χ3n) is 14.9. The van der Waals surface area contributed by atoms with Crippen LogP contribution in [0.4, 0.5) is 9.59 Å². The lowest BCUT2D eigenvalue weighted by Crippen LogP contribution is -2.41. The van der Waals surface area contributed by atoms with E-state index in [-0.39, 0.29) is 128 Å². The quantitative estimate of drug-likeness (QED) is 0.0153. The Morgan fingerprint density at radius 2 is 0.673 bits per heavy atom. The highest BCUT2D eigenvalue weighted by atomic mass is 16.8. The molecule has 0 bridgehead atoms. The van der Waals surface area contributed by atoms with Crippen LogP contribution in [0.2, 0.25) is 0 Å². The largest absolute Gasteiger partial charge is 0.481 e. The topological polar surface area (TPSA) is 700 Å². The predicted molar refractivity (Wildman–Crippen MR) is 375 cm³/mol. The van der Waals surface area contributed by atoms with Gasteiger partial charge in [0.25, 0.3) is 11.8 Å². The molecule has 0 aromatic carbocycles. The van der Waals surface area contributed by atoms with Gasteiger partial charge in [-0.25, -0.2) is 9.59 Å². The number of imide groups is 1. The highest BCUT2D eigenvalue weighted by Gasteiger charge is 2.30. The van der Waals surface area contributed by atoms with Gasteiger partial charge in [0.05, 0.1) is 132 Å². The minimum absolute atomic E-state index is 0.0115. The molecule has 0 radical (unpaired) electrons. The van der Waals surface area contributed by atoms with E-state index >= 15 is 0 Å².